The summed E-state index contributed by atoms with van der Waals surface area (Å²) in [4.78, 5) is 8.12. The lowest BCUT2D eigenvalue weighted by atomic mass is 10.4. The van der Waals surface area contributed by atoms with E-state index in [-0.39, 0.29) is 22.6 Å². The van der Waals surface area contributed by atoms with Crippen LogP contribution < -0.4 is 13.8 Å². The van der Waals surface area contributed by atoms with E-state index in [4.69, 9.17) is 9.47 Å². The largest absolute Gasteiger partial charge is 0.481 e. The van der Waals surface area contributed by atoms with Crippen molar-refractivity contribution < 1.29 is 17.9 Å². The zero-order chi connectivity index (χ0) is 16.3. The van der Waals surface area contributed by atoms with Crippen LogP contribution in [0.5, 0.6) is 11.9 Å². The van der Waals surface area contributed by atoms with Crippen LogP contribution in [0.25, 0.3) is 0 Å². The number of hydrogen-bond acceptors (Lipinski definition) is 6. The predicted molar refractivity (Wildman–Crippen MR) is 84.9 cm³/mol. The molecule has 2 rings (SSSR count). The summed E-state index contributed by atoms with van der Waals surface area (Å²) in [6.07, 6.45) is 0. The number of aromatic nitrogens is 2. The molecule has 118 valence electrons. The van der Waals surface area contributed by atoms with E-state index in [1.165, 1.54) is 39.5 Å². The Hall–Kier alpha value is -1.87. The standard InChI is InChI=1S/C13H14BrN3O4S/c1-17(11-8-12(20-2)16-13(15-11)21-3)22(18,19)10-6-4-9(14)5-7-10/h4-8H,1-3H3. The molecule has 0 aliphatic rings. The molecule has 9 heteroatoms. The fraction of sp³-hybridized carbons (Fsp3) is 0.231. The Labute approximate surface area is 137 Å². The van der Waals surface area contributed by atoms with Gasteiger partial charge < -0.3 is 9.47 Å². The molecule has 0 N–H and O–H groups in total. The van der Waals surface area contributed by atoms with Gasteiger partial charge in [0, 0.05) is 17.6 Å². The molecular weight excluding hydrogens is 374 g/mol. The summed E-state index contributed by atoms with van der Waals surface area (Å²) in [6, 6.07) is 7.76. The summed E-state index contributed by atoms with van der Waals surface area (Å²) in [5.74, 6) is 0.353. The highest BCUT2D eigenvalue weighted by atomic mass is 79.9. The van der Waals surface area contributed by atoms with Gasteiger partial charge in [-0.25, -0.2) is 8.42 Å². The molecule has 7 nitrogen and oxygen atoms in total. The van der Waals surface area contributed by atoms with Gasteiger partial charge in [0.1, 0.15) is 0 Å². The van der Waals surface area contributed by atoms with Gasteiger partial charge in [0.25, 0.3) is 10.0 Å². The van der Waals surface area contributed by atoms with Gasteiger partial charge in [0.2, 0.25) is 5.88 Å². The Morgan fingerprint density at radius 3 is 2.27 bits per heavy atom. The van der Waals surface area contributed by atoms with Crippen LogP contribution in [-0.2, 0) is 10.0 Å². The first-order valence-electron chi connectivity index (χ1n) is 6.10. The monoisotopic (exact) mass is 387 g/mol. The summed E-state index contributed by atoms with van der Waals surface area (Å²) in [5.41, 5.74) is 0. The Morgan fingerprint density at radius 1 is 1.09 bits per heavy atom. The minimum Gasteiger partial charge on any atom is -0.481 e. The van der Waals surface area contributed by atoms with Crippen molar-refractivity contribution in [2.75, 3.05) is 25.6 Å². The molecule has 0 aliphatic heterocycles. The van der Waals surface area contributed by atoms with E-state index in [2.05, 4.69) is 25.9 Å². The quantitative estimate of drug-likeness (QED) is 0.780. The highest BCUT2D eigenvalue weighted by Crippen LogP contribution is 2.25. The maximum Gasteiger partial charge on any atom is 0.321 e. The lowest BCUT2D eigenvalue weighted by Crippen LogP contribution is -2.27. The SMILES string of the molecule is COc1cc(N(C)S(=O)(=O)c2ccc(Br)cc2)nc(OC)n1. The first kappa shape index (κ1) is 16.5. The summed E-state index contributed by atoms with van der Waals surface area (Å²) >= 11 is 3.27. The first-order valence-corrected chi connectivity index (χ1v) is 8.33. The van der Waals surface area contributed by atoms with E-state index in [1.807, 2.05) is 0 Å². The number of benzene rings is 1. The molecule has 0 unspecified atom stereocenters. The third-order valence-electron chi connectivity index (χ3n) is 2.85. The number of halogens is 1. The smallest absolute Gasteiger partial charge is 0.321 e. The summed E-state index contributed by atoms with van der Waals surface area (Å²) < 4.78 is 37.0. The van der Waals surface area contributed by atoms with Gasteiger partial charge in [-0.2, -0.15) is 9.97 Å². The molecule has 0 spiro atoms. The molecule has 0 fully saturated rings. The zero-order valence-corrected chi connectivity index (χ0v) is 14.6. The van der Waals surface area contributed by atoms with E-state index in [9.17, 15) is 8.42 Å². The maximum atomic E-state index is 12.6. The number of hydrogen-bond donors (Lipinski definition) is 0. The van der Waals surface area contributed by atoms with Gasteiger partial charge >= 0.3 is 6.01 Å². The molecule has 0 saturated heterocycles. The van der Waals surface area contributed by atoms with Gasteiger partial charge in [-0.3, -0.25) is 4.31 Å². The van der Waals surface area contributed by atoms with Crippen molar-refractivity contribution in [3.05, 3.63) is 34.8 Å². The molecule has 1 aromatic heterocycles. The zero-order valence-electron chi connectivity index (χ0n) is 12.1. The Kier molecular flexibility index (Phi) is 4.87. The minimum absolute atomic E-state index is 0.0206. The van der Waals surface area contributed by atoms with Gasteiger partial charge in [-0.05, 0) is 24.3 Å². The van der Waals surface area contributed by atoms with E-state index >= 15 is 0 Å². The molecule has 1 heterocycles. The molecule has 0 atom stereocenters. The molecule has 1 aromatic carbocycles. The number of rotatable bonds is 5. The first-order chi connectivity index (χ1) is 10.4. The molecule has 0 radical (unpaired) electrons. The molecular formula is C13H14BrN3O4S. The summed E-state index contributed by atoms with van der Waals surface area (Å²) in [5, 5.41) is 0. The van der Waals surface area contributed by atoms with Gasteiger partial charge in [-0.1, -0.05) is 15.9 Å². The van der Waals surface area contributed by atoms with Crippen molar-refractivity contribution in [3.63, 3.8) is 0 Å². The number of methoxy groups -OCH3 is 2. The summed E-state index contributed by atoms with van der Waals surface area (Å²) in [7, 11) is 0.470. The highest BCUT2D eigenvalue weighted by Gasteiger charge is 2.23. The second kappa shape index (κ2) is 6.49. The average Bonchev–Trinajstić information content (AvgIpc) is 2.53. The molecule has 2 aromatic rings. The van der Waals surface area contributed by atoms with E-state index in [0.29, 0.717) is 0 Å². The molecule has 0 saturated carbocycles. The number of anilines is 1. The van der Waals surface area contributed by atoms with Crippen LogP contribution in [0.4, 0.5) is 5.82 Å². The maximum absolute atomic E-state index is 12.6. The van der Waals surface area contributed by atoms with Crippen molar-refractivity contribution in [2.24, 2.45) is 0 Å². The second-order valence-electron chi connectivity index (χ2n) is 4.18. The van der Waals surface area contributed by atoms with E-state index in [0.717, 1.165) is 8.78 Å². The van der Waals surface area contributed by atoms with Crippen molar-refractivity contribution in [2.45, 2.75) is 4.90 Å². The van der Waals surface area contributed by atoms with Gasteiger partial charge in [-0.15, -0.1) is 0 Å². The lowest BCUT2D eigenvalue weighted by Gasteiger charge is -2.19. The minimum atomic E-state index is -3.75. The second-order valence-corrected chi connectivity index (χ2v) is 7.07. The topological polar surface area (TPSA) is 81.6 Å². The molecule has 0 bridgehead atoms. The Morgan fingerprint density at radius 2 is 1.73 bits per heavy atom. The van der Waals surface area contributed by atoms with Crippen molar-refractivity contribution in [1.29, 1.82) is 0 Å². The van der Waals surface area contributed by atoms with Crippen LogP contribution in [0, 0.1) is 0 Å². The fourth-order valence-corrected chi connectivity index (χ4v) is 3.04. The normalized spacial score (nSPS) is 11.1. The average molecular weight is 388 g/mol. The van der Waals surface area contributed by atoms with Crippen LogP contribution in [0.1, 0.15) is 0 Å². The lowest BCUT2D eigenvalue weighted by molar-refractivity contribution is 0.352. The fourth-order valence-electron chi connectivity index (χ4n) is 1.64. The van der Waals surface area contributed by atoms with Crippen molar-refractivity contribution in [1.82, 2.24) is 9.97 Å². The third-order valence-corrected chi connectivity index (χ3v) is 5.16. The van der Waals surface area contributed by atoms with E-state index < -0.39 is 10.0 Å². The van der Waals surface area contributed by atoms with Crippen molar-refractivity contribution >= 4 is 31.8 Å². The van der Waals surface area contributed by atoms with E-state index in [1.54, 1.807) is 12.1 Å². The van der Waals surface area contributed by atoms with Gasteiger partial charge in [0.05, 0.1) is 19.1 Å². The molecule has 22 heavy (non-hydrogen) atoms. The number of sulfonamides is 1. The van der Waals surface area contributed by atoms with Crippen LogP contribution in [0.15, 0.2) is 39.7 Å². The molecule has 0 aliphatic carbocycles. The number of nitrogens with zero attached hydrogens (tertiary/aromatic N) is 3. The number of ether oxygens (including phenoxy) is 2. The highest BCUT2D eigenvalue weighted by molar-refractivity contribution is 9.10. The Bertz CT molecular complexity index is 743. The van der Waals surface area contributed by atoms with Crippen LogP contribution >= 0.6 is 15.9 Å². The van der Waals surface area contributed by atoms with Crippen molar-refractivity contribution in [3.8, 4) is 11.9 Å². The van der Waals surface area contributed by atoms with Crippen LogP contribution in [0.3, 0.4) is 0 Å². The van der Waals surface area contributed by atoms with Crippen LogP contribution in [-0.4, -0.2) is 39.7 Å². The van der Waals surface area contributed by atoms with Gasteiger partial charge in [0.15, 0.2) is 5.82 Å². The van der Waals surface area contributed by atoms with Crippen LogP contribution in [0.2, 0.25) is 0 Å². The Balaban J connectivity index is 2.46. The predicted octanol–water partition coefficient (Wildman–Crippen LogP) is 2.08. The third kappa shape index (κ3) is 3.30. The molecule has 0 amide bonds. The summed E-state index contributed by atoms with van der Waals surface area (Å²) in [6.45, 7) is 0.